The van der Waals surface area contributed by atoms with Gasteiger partial charge in [-0.15, -0.1) is 0 Å². The molecule has 0 saturated carbocycles. The molecule has 2 aromatic rings. The molecule has 0 aliphatic carbocycles. The van der Waals surface area contributed by atoms with Gasteiger partial charge in [0, 0.05) is 12.4 Å². The van der Waals surface area contributed by atoms with E-state index in [4.69, 9.17) is 21.4 Å². The number of ether oxygens (including phenoxy) is 1. The van der Waals surface area contributed by atoms with E-state index >= 15 is 0 Å². The third-order valence-electron chi connectivity index (χ3n) is 2.51. The molecule has 5 heteroatoms. The van der Waals surface area contributed by atoms with Gasteiger partial charge in [-0.05, 0) is 29.3 Å². The molecule has 0 saturated heterocycles. The molecule has 0 amide bonds. The summed E-state index contributed by atoms with van der Waals surface area (Å²) in [6.45, 7) is 0. The van der Waals surface area contributed by atoms with Crippen molar-refractivity contribution >= 4 is 17.6 Å². The van der Waals surface area contributed by atoms with E-state index in [0.717, 1.165) is 0 Å². The lowest BCUT2D eigenvalue weighted by molar-refractivity contribution is 0.0697. The zero-order valence-electron chi connectivity index (χ0n) is 9.55. The first kappa shape index (κ1) is 12.4. The van der Waals surface area contributed by atoms with Crippen LogP contribution in [0.2, 0.25) is 5.02 Å². The zero-order valence-corrected chi connectivity index (χ0v) is 10.3. The third-order valence-corrected chi connectivity index (χ3v) is 2.81. The molecule has 0 fully saturated rings. The van der Waals surface area contributed by atoms with Crippen LogP contribution in [0.3, 0.4) is 0 Å². The standard InChI is InChI=1S/C13H10ClNO3/c1-18-12-3-2-8(6-11(12)14)9-4-5-15-7-10(9)13(16)17/h2-7H,1H3,(H,16,17). The summed E-state index contributed by atoms with van der Waals surface area (Å²) in [5.41, 5.74) is 1.42. The first-order valence-electron chi connectivity index (χ1n) is 5.14. The number of hydrogen-bond donors (Lipinski definition) is 1. The third kappa shape index (κ3) is 2.28. The maximum absolute atomic E-state index is 11.1. The molecule has 0 spiro atoms. The van der Waals surface area contributed by atoms with Crippen molar-refractivity contribution in [3.05, 3.63) is 47.2 Å². The van der Waals surface area contributed by atoms with Crippen LogP contribution in [-0.2, 0) is 0 Å². The van der Waals surface area contributed by atoms with E-state index < -0.39 is 5.97 Å². The first-order chi connectivity index (χ1) is 8.63. The van der Waals surface area contributed by atoms with E-state index in [9.17, 15) is 4.79 Å². The number of rotatable bonds is 3. The predicted octanol–water partition coefficient (Wildman–Crippen LogP) is 3.11. The number of halogens is 1. The van der Waals surface area contributed by atoms with Gasteiger partial charge in [0.1, 0.15) is 5.75 Å². The fourth-order valence-electron chi connectivity index (χ4n) is 1.65. The van der Waals surface area contributed by atoms with Crippen LogP contribution in [0.5, 0.6) is 5.75 Å². The van der Waals surface area contributed by atoms with Crippen molar-refractivity contribution in [2.24, 2.45) is 0 Å². The van der Waals surface area contributed by atoms with Crippen LogP contribution < -0.4 is 4.74 Å². The number of carboxylic acids is 1. The van der Waals surface area contributed by atoms with E-state index in [2.05, 4.69) is 4.98 Å². The van der Waals surface area contributed by atoms with Crippen LogP contribution in [0, 0.1) is 0 Å². The highest BCUT2D eigenvalue weighted by Crippen LogP contribution is 2.31. The molecule has 0 unspecified atom stereocenters. The van der Waals surface area contributed by atoms with Gasteiger partial charge in [0.25, 0.3) is 0 Å². The Hall–Kier alpha value is -2.07. The van der Waals surface area contributed by atoms with E-state index in [-0.39, 0.29) is 5.56 Å². The van der Waals surface area contributed by atoms with Crippen LogP contribution >= 0.6 is 11.6 Å². The molecule has 0 radical (unpaired) electrons. The molecule has 0 aliphatic heterocycles. The topological polar surface area (TPSA) is 59.4 Å². The van der Waals surface area contributed by atoms with Crippen molar-refractivity contribution in [2.45, 2.75) is 0 Å². The van der Waals surface area contributed by atoms with Gasteiger partial charge in [-0.2, -0.15) is 0 Å². The Morgan fingerprint density at radius 1 is 1.39 bits per heavy atom. The molecule has 0 atom stereocenters. The number of hydrogen-bond acceptors (Lipinski definition) is 3. The highest BCUT2D eigenvalue weighted by Gasteiger charge is 2.12. The first-order valence-corrected chi connectivity index (χ1v) is 5.52. The maximum Gasteiger partial charge on any atom is 0.337 e. The fourth-order valence-corrected chi connectivity index (χ4v) is 1.91. The summed E-state index contributed by atoms with van der Waals surface area (Å²) in [6, 6.07) is 6.76. The lowest BCUT2D eigenvalue weighted by Gasteiger charge is -2.08. The summed E-state index contributed by atoms with van der Waals surface area (Å²) in [5, 5.41) is 9.53. The summed E-state index contributed by atoms with van der Waals surface area (Å²) >= 11 is 6.02. The minimum absolute atomic E-state index is 0.138. The highest BCUT2D eigenvalue weighted by molar-refractivity contribution is 6.32. The van der Waals surface area contributed by atoms with E-state index in [1.165, 1.54) is 13.3 Å². The number of benzene rings is 1. The number of aromatic carboxylic acids is 1. The minimum atomic E-state index is -1.02. The van der Waals surface area contributed by atoms with Gasteiger partial charge in [-0.3, -0.25) is 4.98 Å². The van der Waals surface area contributed by atoms with E-state index in [1.807, 2.05) is 0 Å². The lowest BCUT2D eigenvalue weighted by atomic mass is 10.0. The van der Waals surface area contributed by atoms with Gasteiger partial charge in [-0.1, -0.05) is 17.7 Å². The van der Waals surface area contributed by atoms with Crippen molar-refractivity contribution in [2.75, 3.05) is 7.11 Å². The Morgan fingerprint density at radius 2 is 2.17 bits per heavy atom. The maximum atomic E-state index is 11.1. The molecule has 1 heterocycles. The number of carbonyl (C=O) groups is 1. The molecule has 1 N–H and O–H groups in total. The van der Waals surface area contributed by atoms with E-state index in [0.29, 0.717) is 21.9 Å². The molecule has 92 valence electrons. The summed E-state index contributed by atoms with van der Waals surface area (Å²) < 4.78 is 5.05. The van der Waals surface area contributed by atoms with Gasteiger partial charge in [0.2, 0.25) is 0 Å². The molecule has 0 bridgehead atoms. The van der Waals surface area contributed by atoms with Crippen LogP contribution in [-0.4, -0.2) is 23.2 Å². The molecule has 1 aromatic carbocycles. The number of nitrogens with zero attached hydrogens (tertiary/aromatic N) is 1. The molecule has 1 aromatic heterocycles. The van der Waals surface area contributed by atoms with Crippen LogP contribution in [0.25, 0.3) is 11.1 Å². The Bertz CT molecular complexity index is 599. The number of carboxylic acid groups (broad SMARTS) is 1. The normalized spacial score (nSPS) is 10.1. The predicted molar refractivity (Wildman–Crippen MR) is 68.2 cm³/mol. The van der Waals surface area contributed by atoms with Gasteiger partial charge >= 0.3 is 5.97 Å². The van der Waals surface area contributed by atoms with Crippen LogP contribution in [0.1, 0.15) is 10.4 Å². The number of pyridine rings is 1. The Morgan fingerprint density at radius 3 is 2.78 bits per heavy atom. The second kappa shape index (κ2) is 5.06. The highest BCUT2D eigenvalue weighted by atomic mass is 35.5. The molecule has 4 nitrogen and oxygen atoms in total. The Kier molecular flexibility index (Phi) is 3.48. The van der Waals surface area contributed by atoms with Gasteiger partial charge in [0.15, 0.2) is 0 Å². The van der Waals surface area contributed by atoms with Gasteiger partial charge < -0.3 is 9.84 Å². The van der Waals surface area contributed by atoms with E-state index in [1.54, 1.807) is 30.5 Å². The molecular weight excluding hydrogens is 254 g/mol. The SMILES string of the molecule is COc1ccc(-c2ccncc2C(=O)O)cc1Cl. The minimum Gasteiger partial charge on any atom is -0.495 e. The monoisotopic (exact) mass is 263 g/mol. The Balaban J connectivity index is 2.55. The lowest BCUT2D eigenvalue weighted by Crippen LogP contribution is -2.00. The molecule has 0 aliphatic rings. The molecular formula is C13H10ClNO3. The fraction of sp³-hybridized carbons (Fsp3) is 0.0769. The summed E-state index contributed by atoms with van der Waals surface area (Å²) in [5.74, 6) is -0.476. The summed E-state index contributed by atoms with van der Waals surface area (Å²) in [6.07, 6.45) is 2.86. The average Bonchev–Trinajstić information content (AvgIpc) is 2.38. The molecule has 18 heavy (non-hydrogen) atoms. The summed E-state index contributed by atoms with van der Waals surface area (Å²) in [7, 11) is 1.52. The largest absolute Gasteiger partial charge is 0.495 e. The van der Waals surface area contributed by atoms with Crippen molar-refractivity contribution in [1.29, 1.82) is 0 Å². The summed E-state index contributed by atoms with van der Waals surface area (Å²) in [4.78, 5) is 14.9. The van der Waals surface area contributed by atoms with Crippen molar-refractivity contribution < 1.29 is 14.6 Å². The second-order valence-corrected chi connectivity index (χ2v) is 3.98. The smallest absolute Gasteiger partial charge is 0.337 e. The van der Waals surface area contributed by atoms with Gasteiger partial charge in [0.05, 0.1) is 17.7 Å². The Labute approximate surface area is 109 Å². The average molecular weight is 264 g/mol. The van der Waals surface area contributed by atoms with Crippen molar-refractivity contribution in [1.82, 2.24) is 4.98 Å². The number of methoxy groups -OCH3 is 1. The van der Waals surface area contributed by atoms with Crippen LogP contribution in [0.15, 0.2) is 36.7 Å². The van der Waals surface area contributed by atoms with Crippen LogP contribution in [0.4, 0.5) is 0 Å². The van der Waals surface area contributed by atoms with Crippen molar-refractivity contribution in [3.8, 4) is 16.9 Å². The quantitative estimate of drug-likeness (QED) is 0.924. The molecule has 2 rings (SSSR count). The van der Waals surface area contributed by atoms with Gasteiger partial charge in [-0.25, -0.2) is 4.79 Å². The second-order valence-electron chi connectivity index (χ2n) is 3.58. The number of aromatic nitrogens is 1. The zero-order chi connectivity index (χ0) is 13.1. The van der Waals surface area contributed by atoms with Crippen molar-refractivity contribution in [3.63, 3.8) is 0 Å².